The van der Waals surface area contributed by atoms with Crippen molar-refractivity contribution in [1.29, 1.82) is 0 Å². The molecule has 1 aliphatic rings. The van der Waals surface area contributed by atoms with Crippen molar-refractivity contribution >= 4 is 27.5 Å². The Morgan fingerprint density at radius 2 is 1.83 bits per heavy atom. The summed E-state index contributed by atoms with van der Waals surface area (Å²) in [6.07, 6.45) is -2.37. The van der Waals surface area contributed by atoms with Gasteiger partial charge in [-0.15, -0.1) is 0 Å². The van der Waals surface area contributed by atoms with Gasteiger partial charge in [0.05, 0.1) is 18.0 Å². The zero-order chi connectivity index (χ0) is 21.1. The Hall–Kier alpha value is -2.01. The highest BCUT2D eigenvalue weighted by atomic mass is 35.5. The van der Waals surface area contributed by atoms with Crippen LogP contribution in [0.5, 0.6) is 0 Å². The highest BCUT2D eigenvalue weighted by Gasteiger charge is 2.48. The molecule has 0 saturated carbocycles. The Bertz CT molecular complexity index is 954. The number of rotatable bonds is 7. The zero-order valence-electron chi connectivity index (χ0n) is 15.3. The van der Waals surface area contributed by atoms with Gasteiger partial charge < -0.3 is 20.3 Å². The van der Waals surface area contributed by atoms with Crippen LogP contribution in [0.2, 0.25) is 5.02 Å². The number of nitrogens with one attached hydrogen (secondary N) is 2. The van der Waals surface area contributed by atoms with Gasteiger partial charge in [0.15, 0.2) is 0 Å². The van der Waals surface area contributed by atoms with Gasteiger partial charge in [-0.25, -0.2) is 13.1 Å². The molecule has 3 atom stereocenters. The lowest BCUT2D eigenvalue weighted by Gasteiger charge is -2.26. The number of hydrogen-bond donors (Lipinski definition) is 4. The van der Waals surface area contributed by atoms with Crippen molar-refractivity contribution in [2.45, 2.75) is 22.7 Å². The van der Waals surface area contributed by atoms with Gasteiger partial charge in [-0.2, -0.15) is 0 Å². The quantitative estimate of drug-likeness (QED) is 0.498. The summed E-state index contributed by atoms with van der Waals surface area (Å²) in [4.78, 5) is 12.1. The normalized spacial score (nSPS) is 24.4. The fraction of sp³-hybridized carbons (Fsp3) is 0.316. The second kappa shape index (κ2) is 8.78. The highest BCUT2D eigenvalue weighted by molar-refractivity contribution is 7.89. The van der Waals surface area contributed by atoms with E-state index >= 15 is 0 Å². The number of ether oxygens (including phenoxy) is 1. The van der Waals surface area contributed by atoms with Crippen molar-refractivity contribution < 1.29 is 28.2 Å². The molecular formula is C19H21ClN2O6S. The van der Waals surface area contributed by atoms with Gasteiger partial charge >= 0.3 is 0 Å². The summed E-state index contributed by atoms with van der Waals surface area (Å²) >= 11 is 5.76. The minimum atomic E-state index is -3.84. The van der Waals surface area contributed by atoms with Crippen LogP contribution in [0.25, 0.3) is 0 Å². The molecule has 3 rings (SSSR count). The lowest BCUT2D eigenvalue weighted by Crippen LogP contribution is -2.53. The van der Waals surface area contributed by atoms with E-state index < -0.39 is 33.7 Å². The Balaban J connectivity index is 1.56. The van der Waals surface area contributed by atoms with Gasteiger partial charge in [0.25, 0.3) is 5.91 Å². The average molecular weight is 441 g/mol. The third-order valence-corrected chi connectivity index (χ3v) is 6.33. The summed E-state index contributed by atoms with van der Waals surface area (Å²) in [7, 11) is -3.84. The zero-order valence-corrected chi connectivity index (χ0v) is 16.9. The van der Waals surface area contributed by atoms with Crippen LogP contribution in [0.4, 0.5) is 0 Å². The third kappa shape index (κ3) is 5.13. The summed E-state index contributed by atoms with van der Waals surface area (Å²) in [6, 6.07) is 14.0. The first-order valence-electron chi connectivity index (χ1n) is 8.82. The van der Waals surface area contributed by atoms with Crippen molar-refractivity contribution in [3.63, 3.8) is 0 Å². The number of sulfonamides is 1. The topological polar surface area (TPSA) is 125 Å². The first-order chi connectivity index (χ1) is 13.7. The number of amides is 1. The number of aliphatic hydroxyl groups excluding tert-OH is 1. The van der Waals surface area contributed by atoms with Gasteiger partial charge in [-0.3, -0.25) is 4.79 Å². The van der Waals surface area contributed by atoms with E-state index in [1.165, 1.54) is 24.3 Å². The lowest BCUT2D eigenvalue weighted by molar-refractivity contribution is -0.0462. The fourth-order valence-corrected chi connectivity index (χ4v) is 4.08. The first-order valence-corrected chi connectivity index (χ1v) is 10.7. The second-order valence-corrected chi connectivity index (χ2v) is 8.96. The molecule has 1 heterocycles. The monoisotopic (exact) mass is 440 g/mol. The van der Waals surface area contributed by atoms with E-state index in [4.69, 9.17) is 16.3 Å². The summed E-state index contributed by atoms with van der Waals surface area (Å²) < 4.78 is 32.4. The molecule has 29 heavy (non-hydrogen) atoms. The maximum absolute atomic E-state index is 12.3. The Morgan fingerprint density at radius 1 is 1.17 bits per heavy atom. The first kappa shape index (κ1) is 21.7. The lowest BCUT2D eigenvalue weighted by atomic mass is 9.96. The van der Waals surface area contributed by atoms with Crippen LogP contribution < -0.4 is 10.0 Å². The predicted octanol–water partition coefficient (Wildman–Crippen LogP) is 0.539. The van der Waals surface area contributed by atoms with Gasteiger partial charge in [-0.05, 0) is 36.4 Å². The minimum absolute atomic E-state index is 0.0137. The Kier molecular flexibility index (Phi) is 6.57. The Morgan fingerprint density at radius 3 is 2.48 bits per heavy atom. The van der Waals surface area contributed by atoms with E-state index in [2.05, 4.69) is 10.0 Å². The molecule has 10 heteroatoms. The Labute approximate surface area is 173 Å². The number of benzene rings is 2. The molecule has 1 amide bonds. The van der Waals surface area contributed by atoms with Crippen molar-refractivity contribution in [2.24, 2.45) is 0 Å². The molecule has 0 aromatic heterocycles. The largest absolute Gasteiger partial charge is 0.387 e. The maximum Gasteiger partial charge on any atom is 0.251 e. The van der Waals surface area contributed by atoms with Crippen LogP contribution >= 0.6 is 11.6 Å². The molecule has 4 N–H and O–H groups in total. The molecule has 0 aliphatic carbocycles. The van der Waals surface area contributed by atoms with E-state index in [9.17, 15) is 23.4 Å². The predicted molar refractivity (Wildman–Crippen MR) is 106 cm³/mol. The molecule has 1 aliphatic heterocycles. The van der Waals surface area contributed by atoms with Crippen LogP contribution in [-0.4, -0.2) is 62.0 Å². The van der Waals surface area contributed by atoms with E-state index in [1.54, 1.807) is 30.3 Å². The summed E-state index contributed by atoms with van der Waals surface area (Å²) in [5, 5.41) is 24.0. The summed E-state index contributed by atoms with van der Waals surface area (Å²) in [6.45, 7) is -0.750. The molecule has 0 radical (unpaired) electrons. The van der Waals surface area contributed by atoms with E-state index in [-0.39, 0.29) is 24.6 Å². The molecule has 1 saturated heterocycles. The van der Waals surface area contributed by atoms with Crippen LogP contribution in [0, 0.1) is 0 Å². The van der Waals surface area contributed by atoms with Crippen LogP contribution in [0.1, 0.15) is 10.4 Å². The molecule has 2 aromatic rings. The smallest absolute Gasteiger partial charge is 0.251 e. The number of carbonyl (C=O) groups excluding carboxylic acids is 1. The van der Waals surface area contributed by atoms with Crippen molar-refractivity contribution in [1.82, 2.24) is 10.0 Å². The number of aliphatic hydroxyl groups is 2. The highest BCUT2D eigenvalue weighted by Crippen LogP contribution is 2.25. The van der Waals surface area contributed by atoms with Gasteiger partial charge in [0, 0.05) is 17.1 Å². The molecule has 0 bridgehead atoms. The molecule has 8 nitrogen and oxygen atoms in total. The van der Waals surface area contributed by atoms with Crippen molar-refractivity contribution in [3.05, 3.63) is 65.2 Å². The van der Waals surface area contributed by atoms with Gasteiger partial charge in [-0.1, -0.05) is 29.8 Å². The molecule has 0 spiro atoms. The van der Waals surface area contributed by atoms with Crippen LogP contribution in [0.3, 0.4) is 0 Å². The standard InChI is InChI=1S/C19H21ClN2O6S/c20-14-6-8-15(9-7-14)29(26,27)22-10-16-17(23)19(25,12-28-16)11-21-18(24)13-4-2-1-3-5-13/h1-9,16-17,22-23,25H,10-12H2,(H,21,24)/t16-,17+,19-/m1/s1. The number of hydrogen-bond acceptors (Lipinski definition) is 6. The van der Waals surface area contributed by atoms with Crippen LogP contribution in [-0.2, 0) is 14.8 Å². The van der Waals surface area contributed by atoms with Crippen LogP contribution in [0.15, 0.2) is 59.5 Å². The number of carbonyl (C=O) groups is 1. The third-order valence-electron chi connectivity index (χ3n) is 4.64. The minimum Gasteiger partial charge on any atom is -0.387 e. The fourth-order valence-electron chi connectivity index (χ4n) is 2.91. The van der Waals surface area contributed by atoms with Crippen molar-refractivity contribution in [2.75, 3.05) is 19.7 Å². The van der Waals surface area contributed by atoms with Gasteiger partial charge in [0.2, 0.25) is 10.0 Å². The molecule has 1 fully saturated rings. The molecular weight excluding hydrogens is 420 g/mol. The van der Waals surface area contributed by atoms with Crippen molar-refractivity contribution in [3.8, 4) is 0 Å². The molecule has 2 aromatic carbocycles. The van der Waals surface area contributed by atoms with E-state index in [1.807, 2.05) is 0 Å². The second-order valence-electron chi connectivity index (χ2n) is 6.75. The summed E-state index contributed by atoms with van der Waals surface area (Å²) in [5.74, 6) is -0.405. The SMILES string of the molecule is O=C(NC[C@@]1(O)CO[C@H](CNS(=O)(=O)c2ccc(Cl)cc2)[C@@H]1O)c1ccccc1. The average Bonchev–Trinajstić information content (AvgIpc) is 3.00. The summed E-state index contributed by atoms with van der Waals surface area (Å²) in [5.41, 5.74) is -1.32. The maximum atomic E-state index is 12.3. The van der Waals surface area contributed by atoms with E-state index in [0.717, 1.165) is 0 Å². The molecule has 0 unspecified atom stereocenters. The number of halogens is 1. The van der Waals surface area contributed by atoms with E-state index in [0.29, 0.717) is 10.6 Å². The van der Waals surface area contributed by atoms with Gasteiger partial charge in [0.1, 0.15) is 17.8 Å². The molecule has 156 valence electrons.